The summed E-state index contributed by atoms with van der Waals surface area (Å²) in [5, 5.41) is 10.9. The first kappa shape index (κ1) is 17.4. The van der Waals surface area contributed by atoms with Gasteiger partial charge in [0.1, 0.15) is 5.75 Å². The number of nitrogens with two attached hydrogens (primary N) is 1. The van der Waals surface area contributed by atoms with Gasteiger partial charge in [0, 0.05) is 12.6 Å². The van der Waals surface area contributed by atoms with Gasteiger partial charge < -0.3 is 15.4 Å². The van der Waals surface area contributed by atoms with Crippen LogP contribution in [-0.4, -0.2) is 40.6 Å². The normalized spacial score (nSPS) is 12.8. The summed E-state index contributed by atoms with van der Waals surface area (Å²) < 4.78 is 27.8. The maximum absolute atomic E-state index is 12.2. The first-order chi connectivity index (χ1) is 9.79. The average Bonchev–Trinajstić information content (AvgIpc) is 2.43. The molecule has 1 atom stereocenters. The lowest BCUT2D eigenvalue weighted by Gasteiger charge is -2.14. The summed E-state index contributed by atoms with van der Waals surface area (Å²) in [6, 6.07) is 4.02. The predicted molar refractivity (Wildman–Crippen MR) is 79.8 cm³/mol. The van der Waals surface area contributed by atoms with Crippen molar-refractivity contribution in [2.45, 2.75) is 24.8 Å². The second-order valence-corrected chi connectivity index (χ2v) is 6.14. The van der Waals surface area contributed by atoms with Gasteiger partial charge in [0.2, 0.25) is 10.0 Å². The third kappa shape index (κ3) is 5.00. The molecule has 0 saturated heterocycles. The number of sulfonamides is 1. The average molecular weight is 315 g/mol. The van der Waals surface area contributed by atoms with Gasteiger partial charge in [-0.05, 0) is 31.7 Å². The number of methoxy groups -OCH3 is 1. The Hall–Kier alpha value is -1.64. The molecule has 1 aromatic carbocycles. The fourth-order valence-electron chi connectivity index (χ4n) is 1.80. The van der Waals surface area contributed by atoms with E-state index in [1.807, 2.05) is 13.8 Å². The molecule has 1 amide bonds. The minimum absolute atomic E-state index is 0.103. The number of likely N-dealkylation sites (N-methyl/N-ethyl adjacent to an activating group) is 1. The van der Waals surface area contributed by atoms with Crippen LogP contribution in [0.4, 0.5) is 0 Å². The van der Waals surface area contributed by atoms with Crippen molar-refractivity contribution < 1.29 is 17.9 Å². The molecular weight excluding hydrogens is 294 g/mol. The van der Waals surface area contributed by atoms with Crippen molar-refractivity contribution in [2.24, 2.45) is 5.14 Å². The molecule has 1 aromatic rings. The van der Waals surface area contributed by atoms with Crippen molar-refractivity contribution in [3.05, 3.63) is 23.8 Å². The molecule has 0 unspecified atom stereocenters. The first-order valence-corrected chi connectivity index (χ1v) is 8.06. The minimum atomic E-state index is -3.87. The number of amides is 1. The lowest BCUT2D eigenvalue weighted by Crippen LogP contribution is -2.38. The third-order valence-corrected chi connectivity index (χ3v) is 3.78. The second kappa shape index (κ2) is 7.39. The lowest BCUT2D eigenvalue weighted by molar-refractivity contribution is 0.0947. The maximum atomic E-state index is 12.2. The van der Waals surface area contributed by atoms with Crippen LogP contribution in [0.5, 0.6) is 5.75 Å². The Morgan fingerprint density at radius 3 is 2.62 bits per heavy atom. The van der Waals surface area contributed by atoms with Crippen molar-refractivity contribution in [1.29, 1.82) is 0 Å². The Labute approximate surface area is 124 Å². The number of hydrogen-bond acceptors (Lipinski definition) is 5. The lowest BCUT2D eigenvalue weighted by atomic mass is 10.2. The number of primary sulfonamides is 1. The SMILES string of the molecule is CCN[C@H](C)CNC(=O)c1cc(S(N)(=O)=O)ccc1OC. The van der Waals surface area contributed by atoms with E-state index in [0.717, 1.165) is 6.54 Å². The number of nitrogens with one attached hydrogen (secondary N) is 2. The highest BCUT2D eigenvalue weighted by Gasteiger charge is 2.17. The largest absolute Gasteiger partial charge is 0.496 e. The van der Waals surface area contributed by atoms with Crippen molar-refractivity contribution in [3.8, 4) is 5.75 Å². The van der Waals surface area contributed by atoms with Crippen molar-refractivity contribution in [2.75, 3.05) is 20.2 Å². The maximum Gasteiger partial charge on any atom is 0.255 e. The van der Waals surface area contributed by atoms with Gasteiger partial charge in [-0.15, -0.1) is 0 Å². The van der Waals surface area contributed by atoms with Gasteiger partial charge in [-0.1, -0.05) is 6.92 Å². The molecule has 0 aliphatic rings. The van der Waals surface area contributed by atoms with E-state index in [0.29, 0.717) is 6.54 Å². The Bertz CT molecular complexity index is 601. The molecule has 1 rings (SSSR count). The molecule has 21 heavy (non-hydrogen) atoms. The molecule has 0 aromatic heterocycles. The highest BCUT2D eigenvalue weighted by molar-refractivity contribution is 7.89. The molecule has 0 spiro atoms. The number of ether oxygens (including phenoxy) is 1. The molecule has 0 radical (unpaired) electrons. The minimum Gasteiger partial charge on any atom is -0.496 e. The smallest absolute Gasteiger partial charge is 0.255 e. The van der Waals surface area contributed by atoms with Gasteiger partial charge in [0.15, 0.2) is 0 Å². The molecule has 7 nitrogen and oxygen atoms in total. The van der Waals surface area contributed by atoms with Crippen molar-refractivity contribution in [3.63, 3.8) is 0 Å². The van der Waals surface area contributed by atoms with Crippen LogP contribution in [0.15, 0.2) is 23.1 Å². The van der Waals surface area contributed by atoms with Gasteiger partial charge in [0.05, 0.1) is 17.6 Å². The molecule has 4 N–H and O–H groups in total. The summed E-state index contributed by atoms with van der Waals surface area (Å²) in [6.45, 7) is 5.11. The zero-order valence-electron chi connectivity index (χ0n) is 12.3. The summed E-state index contributed by atoms with van der Waals surface area (Å²) in [5.41, 5.74) is 0.132. The molecule has 0 aliphatic carbocycles. The molecular formula is C13H21N3O4S. The summed E-state index contributed by atoms with van der Waals surface area (Å²) in [4.78, 5) is 12.0. The van der Waals surface area contributed by atoms with Gasteiger partial charge >= 0.3 is 0 Å². The Balaban J connectivity index is 2.96. The number of carbonyl (C=O) groups is 1. The molecule has 0 aliphatic heterocycles. The van der Waals surface area contributed by atoms with E-state index in [1.54, 1.807) is 0 Å². The van der Waals surface area contributed by atoms with Gasteiger partial charge in [-0.25, -0.2) is 13.6 Å². The second-order valence-electron chi connectivity index (χ2n) is 4.58. The van der Waals surface area contributed by atoms with Crippen LogP contribution < -0.4 is 20.5 Å². The van der Waals surface area contributed by atoms with E-state index < -0.39 is 15.9 Å². The number of carbonyl (C=O) groups excluding carboxylic acids is 1. The van der Waals surface area contributed by atoms with Crippen molar-refractivity contribution in [1.82, 2.24) is 10.6 Å². The molecule has 118 valence electrons. The topological polar surface area (TPSA) is 111 Å². The zero-order valence-corrected chi connectivity index (χ0v) is 13.2. The number of benzene rings is 1. The highest BCUT2D eigenvalue weighted by Crippen LogP contribution is 2.21. The van der Waals surface area contributed by atoms with Crippen LogP contribution >= 0.6 is 0 Å². The van der Waals surface area contributed by atoms with Crippen LogP contribution in [-0.2, 0) is 10.0 Å². The molecule has 0 bridgehead atoms. The standard InChI is InChI=1S/C13H21N3O4S/c1-4-15-9(2)8-16-13(17)11-7-10(21(14,18)19)5-6-12(11)20-3/h5-7,9,15H,4,8H2,1-3H3,(H,16,17)(H2,14,18,19)/t9-/m1/s1. The summed E-state index contributed by atoms with van der Waals surface area (Å²) in [7, 11) is -2.46. The fourth-order valence-corrected chi connectivity index (χ4v) is 2.34. The van der Waals surface area contributed by atoms with Gasteiger partial charge in [0.25, 0.3) is 5.91 Å². The van der Waals surface area contributed by atoms with Crippen LogP contribution in [0, 0.1) is 0 Å². The summed E-state index contributed by atoms with van der Waals surface area (Å²) in [6.07, 6.45) is 0. The fraction of sp³-hybridized carbons (Fsp3) is 0.462. The molecule has 8 heteroatoms. The summed E-state index contributed by atoms with van der Waals surface area (Å²) in [5.74, 6) is -0.127. The predicted octanol–water partition coefficient (Wildman–Crippen LogP) is 0.0704. The molecule has 0 saturated carbocycles. The van der Waals surface area contributed by atoms with E-state index in [9.17, 15) is 13.2 Å². The van der Waals surface area contributed by atoms with E-state index >= 15 is 0 Å². The van der Waals surface area contributed by atoms with E-state index in [2.05, 4.69) is 10.6 Å². The van der Waals surface area contributed by atoms with Crippen LogP contribution in [0.25, 0.3) is 0 Å². The highest BCUT2D eigenvalue weighted by atomic mass is 32.2. The Kier molecular flexibility index (Phi) is 6.13. The van der Waals surface area contributed by atoms with E-state index in [4.69, 9.17) is 9.88 Å². The third-order valence-electron chi connectivity index (χ3n) is 2.87. The summed E-state index contributed by atoms with van der Waals surface area (Å²) >= 11 is 0. The Morgan fingerprint density at radius 1 is 1.43 bits per heavy atom. The van der Waals surface area contributed by atoms with Gasteiger partial charge in [-0.2, -0.15) is 0 Å². The molecule has 0 heterocycles. The van der Waals surface area contributed by atoms with Gasteiger partial charge in [-0.3, -0.25) is 4.79 Å². The quantitative estimate of drug-likeness (QED) is 0.659. The van der Waals surface area contributed by atoms with Crippen LogP contribution in [0.3, 0.4) is 0 Å². The number of hydrogen-bond donors (Lipinski definition) is 3. The van der Waals surface area contributed by atoms with Crippen molar-refractivity contribution >= 4 is 15.9 Å². The van der Waals surface area contributed by atoms with E-state index in [-0.39, 0.29) is 22.3 Å². The Morgan fingerprint density at radius 2 is 2.10 bits per heavy atom. The number of rotatable bonds is 7. The zero-order chi connectivity index (χ0) is 16.0. The first-order valence-electron chi connectivity index (χ1n) is 6.52. The van der Waals surface area contributed by atoms with Crippen LogP contribution in [0.2, 0.25) is 0 Å². The van der Waals surface area contributed by atoms with E-state index in [1.165, 1.54) is 25.3 Å². The van der Waals surface area contributed by atoms with Crippen LogP contribution in [0.1, 0.15) is 24.2 Å². The monoisotopic (exact) mass is 315 g/mol. The molecule has 0 fully saturated rings.